The molecule has 30 heavy (non-hydrogen) atoms. The van der Waals surface area contributed by atoms with Crippen molar-refractivity contribution in [1.82, 2.24) is 4.90 Å². The van der Waals surface area contributed by atoms with Crippen LogP contribution in [0.15, 0.2) is 59.2 Å². The number of anilines is 2. The van der Waals surface area contributed by atoms with Gasteiger partial charge in [-0.3, -0.25) is 4.79 Å². The van der Waals surface area contributed by atoms with Gasteiger partial charge in [-0.25, -0.2) is 4.39 Å². The number of halogens is 1. The number of carbonyl (C=O) groups excluding carboxylic acids is 1. The molecule has 1 aliphatic heterocycles. The van der Waals surface area contributed by atoms with Crippen LogP contribution < -0.4 is 10.2 Å². The summed E-state index contributed by atoms with van der Waals surface area (Å²) in [5.41, 5.74) is 2.53. The van der Waals surface area contributed by atoms with Crippen molar-refractivity contribution in [3.05, 3.63) is 71.9 Å². The zero-order chi connectivity index (χ0) is 21.1. The summed E-state index contributed by atoms with van der Waals surface area (Å²) < 4.78 is 19.8. The minimum Gasteiger partial charge on any atom is -0.458 e. The number of hydrogen-bond donors (Lipinski definition) is 1. The highest BCUT2D eigenvalue weighted by atomic mass is 19.1. The molecule has 0 bridgehead atoms. The number of piperazine rings is 1. The molecule has 152 valence electrons. The smallest absolute Gasteiger partial charge is 0.292 e. The highest BCUT2D eigenvalue weighted by molar-refractivity contribution is 6.06. The van der Waals surface area contributed by atoms with Crippen LogP contribution in [0, 0.1) is 17.1 Å². The maximum atomic E-state index is 14.6. The SMILES string of the molecule is CN1CCN(c2ccc(NC(=O)c3occc3C#N)c(-c3ccccc3F)c2)CC1. The zero-order valence-electron chi connectivity index (χ0n) is 16.6. The lowest BCUT2D eigenvalue weighted by Gasteiger charge is -2.34. The standard InChI is InChI=1S/C23H21FN4O2/c1-27-9-11-28(12-10-27)17-6-7-21(19(14-17)18-4-2-3-5-20(18)24)26-23(29)22-16(15-25)8-13-30-22/h2-8,13-14H,9-12H2,1H3,(H,26,29). The lowest BCUT2D eigenvalue weighted by Crippen LogP contribution is -2.44. The van der Waals surface area contributed by atoms with Crippen LogP contribution in [-0.2, 0) is 0 Å². The third-order valence-electron chi connectivity index (χ3n) is 5.28. The number of furan rings is 1. The van der Waals surface area contributed by atoms with Crippen LogP contribution in [0.25, 0.3) is 11.1 Å². The Morgan fingerprint density at radius 2 is 1.87 bits per heavy atom. The first-order chi connectivity index (χ1) is 14.6. The molecule has 3 aromatic rings. The van der Waals surface area contributed by atoms with E-state index in [1.165, 1.54) is 18.4 Å². The number of benzene rings is 2. The van der Waals surface area contributed by atoms with E-state index in [0.717, 1.165) is 31.9 Å². The molecule has 0 aliphatic carbocycles. The van der Waals surface area contributed by atoms with Gasteiger partial charge in [-0.05, 0) is 37.4 Å². The van der Waals surface area contributed by atoms with Gasteiger partial charge in [0, 0.05) is 48.7 Å². The largest absolute Gasteiger partial charge is 0.458 e. The van der Waals surface area contributed by atoms with Crippen molar-refractivity contribution in [1.29, 1.82) is 5.26 Å². The molecule has 7 heteroatoms. The van der Waals surface area contributed by atoms with Crippen molar-refractivity contribution in [2.75, 3.05) is 43.4 Å². The Labute approximate surface area is 174 Å². The lowest BCUT2D eigenvalue weighted by atomic mass is 10.0. The molecule has 1 saturated heterocycles. The molecule has 0 unspecified atom stereocenters. The summed E-state index contributed by atoms with van der Waals surface area (Å²) in [6.45, 7) is 3.64. The minimum absolute atomic E-state index is 0.0693. The van der Waals surface area contributed by atoms with Crippen molar-refractivity contribution >= 4 is 17.3 Å². The second-order valence-corrected chi connectivity index (χ2v) is 7.23. The van der Waals surface area contributed by atoms with Gasteiger partial charge < -0.3 is 19.5 Å². The van der Waals surface area contributed by atoms with Crippen LogP contribution in [0.3, 0.4) is 0 Å². The fourth-order valence-corrected chi connectivity index (χ4v) is 3.56. The van der Waals surface area contributed by atoms with Crippen molar-refractivity contribution < 1.29 is 13.6 Å². The van der Waals surface area contributed by atoms with E-state index in [1.807, 2.05) is 18.2 Å². The number of amides is 1. The Hall–Kier alpha value is -3.63. The summed E-state index contributed by atoms with van der Waals surface area (Å²) in [4.78, 5) is 17.2. The maximum Gasteiger partial charge on any atom is 0.292 e. The molecule has 0 atom stereocenters. The summed E-state index contributed by atoms with van der Waals surface area (Å²) >= 11 is 0. The molecule has 2 aromatic carbocycles. The van der Waals surface area contributed by atoms with E-state index in [1.54, 1.807) is 24.3 Å². The molecule has 1 N–H and O–H groups in total. The maximum absolute atomic E-state index is 14.6. The van der Waals surface area contributed by atoms with Crippen LogP contribution >= 0.6 is 0 Å². The highest BCUT2D eigenvalue weighted by Crippen LogP contribution is 2.34. The lowest BCUT2D eigenvalue weighted by molar-refractivity contribution is 0.0996. The first kappa shape index (κ1) is 19.7. The predicted octanol–water partition coefficient (Wildman–Crippen LogP) is 3.96. The van der Waals surface area contributed by atoms with Crippen molar-refractivity contribution in [2.24, 2.45) is 0 Å². The molecule has 6 nitrogen and oxygen atoms in total. The van der Waals surface area contributed by atoms with Gasteiger partial charge in [-0.1, -0.05) is 18.2 Å². The van der Waals surface area contributed by atoms with E-state index in [-0.39, 0.29) is 17.1 Å². The molecule has 0 saturated carbocycles. The van der Waals surface area contributed by atoms with Crippen LogP contribution in [0.2, 0.25) is 0 Å². The Bertz CT molecular complexity index is 1110. The fraction of sp³-hybridized carbons (Fsp3) is 0.217. The average Bonchev–Trinajstić information content (AvgIpc) is 3.24. The minimum atomic E-state index is -0.554. The number of carbonyl (C=O) groups is 1. The molecule has 2 heterocycles. The third kappa shape index (κ3) is 3.91. The monoisotopic (exact) mass is 404 g/mol. The summed E-state index contributed by atoms with van der Waals surface area (Å²) in [6.07, 6.45) is 1.29. The van der Waals surface area contributed by atoms with E-state index in [4.69, 9.17) is 9.68 Å². The predicted molar refractivity (Wildman–Crippen MR) is 113 cm³/mol. The molecular weight excluding hydrogens is 383 g/mol. The fourth-order valence-electron chi connectivity index (χ4n) is 3.56. The Morgan fingerprint density at radius 3 is 2.60 bits per heavy atom. The average molecular weight is 404 g/mol. The third-order valence-corrected chi connectivity index (χ3v) is 5.28. The Kier molecular flexibility index (Phi) is 5.50. The summed E-state index contributed by atoms with van der Waals surface area (Å²) in [5.74, 6) is -0.999. The quantitative estimate of drug-likeness (QED) is 0.713. The molecule has 1 aromatic heterocycles. The van der Waals surface area contributed by atoms with E-state index in [2.05, 4.69) is 22.2 Å². The van der Waals surface area contributed by atoms with E-state index in [0.29, 0.717) is 16.8 Å². The van der Waals surface area contributed by atoms with Gasteiger partial charge in [-0.15, -0.1) is 0 Å². The van der Waals surface area contributed by atoms with Crippen molar-refractivity contribution in [3.8, 4) is 17.2 Å². The molecule has 1 fully saturated rings. The molecule has 0 spiro atoms. The van der Waals surface area contributed by atoms with Crippen LogP contribution in [-0.4, -0.2) is 44.0 Å². The van der Waals surface area contributed by atoms with Crippen LogP contribution in [0.1, 0.15) is 16.1 Å². The Balaban J connectivity index is 1.72. The second kappa shape index (κ2) is 8.39. The summed E-state index contributed by atoms with van der Waals surface area (Å²) in [6, 6.07) is 15.4. The van der Waals surface area contributed by atoms with Gasteiger partial charge in [0.2, 0.25) is 5.76 Å². The number of hydrogen-bond acceptors (Lipinski definition) is 5. The topological polar surface area (TPSA) is 72.5 Å². The number of nitrogens with zero attached hydrogens (tertiary/aromatic N) is 3. The van der Waals surface area contributed by atoms with Gasteiger partial charge in [0.05, 0.1) is 6.26 Å². The van der Waals surface area contributed by atoms with Gasteiger partial charge >= 0.3 is 0 Å². The zero-order valence-corrected chi connectivity index (χ0v) is 16.6. The first-order valence-corrected chi connectivity index (χ1v) is 9.68. The van der Waals surface area contributed by atoms with Gasteiger partial charge in [-0.2, -0.15) is 5.26 Å². The summed E-state index contributed by atoms with van der Waals surface area (Å²) in [5, 5.41) is 11.9. The molecule has 0 radical (unpaired) electrons. The number of rotatable bonds is 4. The van der Waals surface area contributed by atoms with Crippen molar-refractivity contribution in [2.45, 2.75) is 0 Å². The highest BCUT2D eigenvalue weighted by Gasteiger charge is 2.20. The van der Waals surface area contributed by atoms with Gasteiger partial charge in [0.25, 0.3) is 5.91 Å². The molecule has 1 aliphatic rings. The van der Waals surface area contributed by atoms with Gasteiger partial charge in [0.15, 0.2) is 0 Å². The first-order valence-electron chi connectivity index (χ1n) is 9.68. The second-order valence-electron chi connectivity index (χ2n) is 7.23. The Morgan fingerprint density at radius 1 is 1.10 bits per heavy atom. The summed E-state index contributed by atoms with van der Waals surface area (Å²) in [7, 11) is 2.09. The van der Waals surface area contributed by atoms with E-state index in [9.17, 15) is 9.18 Å². The number of nitrogens with one attached hydrogen (secondary N) is 1. The normalized spacial score (nSPS) is 14.4. The number of likely N-dealkylation sites (N-methyl/N-ethyl adjacent to an activating group) is 1. The molecular formula is C23H21FN4O2. The number of nitriles is 1. The van der Waals surface area contributed by atoms with E-state index < -0.39 is 5.91 Å². The van der Waals surface area contributed by atoms with Crippen LogP contribution in [0.5, 0.6) is 0 Å². The molecule has 1 amide bonds. The van der Waals surface area contributed by atoms with Crippen LogP contribution in [0.4, 0.5) is 15.8 Å². The van der Waals surface area contributed by atoms with E-state index >= 15 is 0 Å². The van der Waals surface area contributed by atoms with Gasteiger partial charge in [0.1, 0.15) is 17.4 Å². The van der Waals surface area contributed by atoms with Crippen molar-refractivity contribution in [3.63, 3.8) is 0 Å². The molecule has 4 rings (SSSR count).